The molecular formula is C54H64N8O9S. The number of carbonyl (C=O) groups is 1. The maximum atomic E-state index is 14.7. The summed E-state index contributed by atoms with van der Waals surface area (Å²) in [6.07, 6.45) is 10.2. The van der Waals surface area contributed by atoms with Gasteiger partial charge in [0.15, 0.2) is 0 Å². The Hall–Kier alpha value is -5.79. The van der Waals surface area contributed by atoms with Crippen LogP contribution in [0.15, 0.2) is 83.9 Å². The number of morpholine rings is 1. The average molecular weight is 1000 g/mol. The number of piperidine rings is 1. The molecule has 0 radical (unpaired) electrons. The highest BCUT2D eigenvalue weighted by Crippen LogP contribution is 2.57. The van der Waals surface area contributed by atoms with E-state index in [0.29, 0.717) is 73.9 Å². The van der Waals surface area contributed by atoms with Gasteiger partial charge in [-0.25, -0.2) is 13.1 Å². The number of hydrogen-bond acceptors (Lipinski definition) is 14. The maximum Gasteiger partial charge on any atom is 0.293 e. The number of nitro groups is 1. The van der Waals surface area contributed by atoms with Crippen LogP contribution in [0, 0.1) is 21.4 Å². The van der Waals surface area contributed by atoms with Crippen LogP contribution < -0.4 is 24.6 Å². The first kappa shape index (κ1) is 47.2. The number of ether oxygens (including phenoxy) is 3. The summed E-state index contributed by atoms with van der Waals surface area (Å²) in [6, 6.07) is 22.3. The molecule has 3 aliphatic carbocycles. The second-order valence-electron chi connectivity index (χ2n) is 22.1. The number of aliphatic hydroxyl groups is 1. The van der Waals surface area contributed by atoms with E-state index in [1.807, 2.05) is 37.4 Å². The van der Waals surface area contributed by atoms with Crippen molar-refractivity contribution in [1.82, 2.24) is 19.6 Å². The number of rotatable bonds is 10. The van der Waals surface area contributed by atoms with Crippen molar-refractivity contribution in [2.24, 2.45) is 11.3 Å². The molecule has 18 heteroatoms. The van der Waals surface area contributed by atoms with Gasteiger partial charge in [-0.1, -0.05) is 31.2 Å². The molecule has 72 heavy (non-hydrogen) atoms. The van der Waals surface area contributed by atoms with Crippen LogP contribution in [-0.2, 0) is 25.0 Å². The van der Waals surface area contributed by atoms with Crippen molar-refractivity contribution in [2.45, 2.75) is 118 Å². The molecule has 6 heterocycles. The molecule has 0 bridgehead atoms. The number of aromatic nitrogens is 2. The first-order valence-electron chi connectivity index (χ1n) is 25.8. The van der Waals surface area contributed by atoms with Crippen LogP contribution >= 0.6 is 0 Å². The molecule has 2 spiro atoms. The molecule has 2 saturated carbocycles. The third-order valence-electron chi connectivity index (χ3n) is 17.5. The minimum Gasteiger partial charge on any atom is -0.468 e. The van der Waals surface area contributed by atoms with Gasteiger partial charge >= 0.3 is 0 Å². The van der Waals surface area contributed by atoms with Crippen molar-refractivity contribution >= 4 is 55.4 Å². The number of benzene rings is 3. The highest BCUT2D eigenvalue weighted by molar-refractivity contribution is 7.90. The Labute approximate surface area is 419 Å². The fourth-order valence-electron chi connectivity index (χ4n) is 13.6. The highest BCUT2D eigenvalue weighted by Gasteiger charge is 2.56. The van der Waals surface area contributed by atoms with Gasteiger partial charge in [-0.3, -0.25) is 19.8 Å². The van der Waals surface area contributed by atoms with E-state index in [-0.39, 0.29) is 34.2 Å². The Balaban J connectivity index is 0.822. The van der Waals surface area contributed by atoms with Gasteiger partial charge < -0.3 is 39.4 Å². The smallest absolute Gasteiger partial charge is 0.293 e. The zero-order chi connectivity index (χ0) is 49.6. The lowest BCUT2D eigenvalue weighted by molar-refractivity contribution is -0.384. The second-order valence-corrected chi connectivity index (χ2v) is 23.8. The molecule has 2 aromatic heterocycles. The molecule has 3 saturated heterocycles. The Bertz CT molecular complexity index is 3030. The lowest BCUT2D eigenvalue weighted by atomic mass is 9.59. The standard InChI is InChI=1S/C54H64N8O9S/c1-34-28-54(42-6-4-3-5-40(34)42)33-70-24-22-60(54)38-29-53(30-38)17-20-59(21-18-53)37-7-9-41(45(26-37)61-44-14-23-69-32-48(44)71-51-47(61)25-36-13-19-55-49(36)57-51)50(63)58-72(67,68)39-8-10-43(46(27-39)62(65)66)56-31-35-11-15-52(2,64)16-12-35/h3-10,13,19,25-27,34-35,38,44,48,56,64H,11-12,14-18,20-24,28-33H2,1-2H3,(H,55,57)(H,58,63)/t34-,35-,44+,48+,52-,54+/m1/s1. The van der Waals surface area contributed by atoms with Crippen molar-refractivity contribution in [3.05, 3.63) is 106 Å². The SMILES string of the molecule is C[C@@H]1C[C@]2(COCCN2C2CC3(CCN(c4ccc(C(=O)NS(=O)(=O)c5ccc(NC[C@H]6CC[C@](C)(O)CC6)c([N+](=O)[O-])c5)c(N5c6cc7cc[nH]c7nc6O[C@H]6COCC[C@@H]65)c4)CC3)C2)c2ccccc21. The van der Waals surface area contributed by atoms with Gasteiger partial charge in [-0.2, -0.15) is 4.98 Å². The molecule has 12 rings (SSSR count). The summed E-state index contributed by atoms with van der Waals surface area (Å²) in [6.45, 7) is 9.48. The third kappa shape index (κ3) is 8.36. The number of hydrogen-bond donors (Lipinski definition) is 4. The highest BCUT2D eigenvalue weighted by atomic mass is 32.2. The molecular weight excluding hydrogens is 937 g/mol. The van der Waals surface area contributed by atoms with E-state index in [0.717, 1.165) is 94.9 Å². The maximum absolute atomic E-state index is 14.7. The van der Waals surface area contributed by atoms with Gasteiger partial charge in [0.2, 0.25) is 5.88 Å². The van der Waals surface area contributed by atoms with Crippen LogP contribution in [0.25, 0.3) is 11.0 Å². The van der Waals surface area contributed by atoms with Gasteiger partial charge in [-0.05, 0) is 142 Å². The van der Waals surface area contributed by atoms with Crippen molar-refractivity contribution in [3.8, 4) is 5.88 Å². The number of nitrogens with zero attached hydrogens (tertiary/aromatic N) is 5. The monoisotopic (exact) mass is 1000 g/mol. The van der Waals surface area contributed by atoms with E-state index in [9.17, 15) is 28.4 Å². The molecule has 1 amide bonds. The van der Waals surface area contributed by atoms with Crippen LogP contribution in [0.3, 0.4) is 0 Å². The number of sulfonamides is 1. The minimum atomic E-state index is -4.62. The normalized spacial score (nSPS) is 28.2. The van der Waals surface area contributed by atoms with Crippen molar-refractivity contribution < 1.29 is 37.5 Å². The number of anilines is 4. The number of aromatic amines is 1. The first-order chi connectivity index (χ1) is 34.7. The summed E-state index contributed by atoms with van der Waals surface area (Å²) >= 11 is 0. The molecule has 3 aromatic carbocycles. The summed E-state index contributed by atoms with van der Waals surface area (Å²) in [5.74, 6) is 0.184. The van der Waals surface area contributed by atoms with E-state index in [1.54, 1.807) is 6.07 Å². The number of nitrogens with one attached hydrogen (secondary N) is 3. The van der Waals surface area contributed by atoms with Crippen molar-refractivity contribution in [1.29, 1.82) is 0 Å². The predicted molar refractivity (Wildman–Crippen MR) is 273 cm³/mol. The average Bonchev–Trinajstić information content (AvgIpc) is 3.94. The van der Waals surface area contributed by atoms with Gasteiger partial charge in [0.25, 0.3) is 21.6 Å². The third-order valence-corrected chi connectivity index (χ3v) is 18.9. The van der Waals surface area contributed by atoms with E-state index in [2.05, 4.69) is 60.9 Å². The van der Waals surface area contributed by atoms with E-state index in [1.165, 1.54) is 23.3 Å². The van der Waals surface area contributed by atoms with E-state index < -0.39 is 43.1 Å². The summed E-state index contributed by atoms with van der Waals surface area (Å²) in [5.41, 5.74) is 4.94. The molecule has 5 fully saturated rings. The first-order valence-corrected chi connectivity index (χ1v) is 27.3. The number of nitro benzene ring substituents is 1. The quantitative estimate of drug-likeness (QED) is 0.0771. The summed E-state index contributed by atoms with van der Waals surface area (Å²) in [7, 11) is -4.62. The summed E-state index contributed by atoms with van der Waals surface area (Å²) in [4.78, 5) is 41.4. The molecule has 4 N–H and O–H groups in total. The fraction of sp³-hybridized carbons (Fsp3) is 0.519. The molecule has 7 aliphatic rings. The Morgan fingerprint density at radius 1 is 0.944 bits per heavy atom. The van der Waals surface area contributed by atoms with E-state index >= 15 is 0 Å². The Morgan fingerprint density at radius 2 is 1.75 bits per heavy atom. The van der Waals surface area contributed by atoms with Crippen LogP contribution in [0.2, 0.25) is 0 Å². The number of fused-ring (bicyclic) bond motifs is 5. The van der Waals surface area contributed by atoms with E-state index in [4.69, 9.17) is 19.2 Å². The second kappa shape index (κ2) is 18.0. The fourth-order valence-corrected chi connectivity index (χ4v) is 14.5. The lowest BCUT2D eigenvalue weighted by Gasteiger charge is -2.60. The number of H-pyrrole nitrogens is 1. The molecule has 4 aliphatic heterocycles. The Kier molecular flexibility index (Phi) is 11.8. The van der Waals surface area contributed by atoms with Crippen molar-refractivity contribution in [3.63, 3.8) is 0 Å². The Morgan fingerprint density at radius 3 is 2.56 bits per heavy atom. The predicted octanol–water partition coefficient (Wildman–Crippen LogP) is 8.11. The topological polar surface area (TPSA) is 205 Å². The minimum absolute atomic E-state index is 0.0744. The number of amides is 1. The summed E-state index contributed by atoms with van der Waals surface area (Å²) in [5, 5.41) is 26.8. The zero-order valence-electron chi connectivity index (χ0n) is 41.0. The molecule has 380 valence electrons. The van der Waals surface area contributed by atoms with Crippen LogP contribution in [-0.4, -0.2) is 116 Å². The molecule has 0 unspecified atom stereocenters. The number of carbonyl (C=O) groups excluding carboxylic acids is 1. The molecule has 17 nitrogen and oxygen atoms in total. The largest absolute Gasteiger partial charge is 0.468 e. The van der Waals surface area contributed by atoms with Crippen LogP contribution in [0.4, 0.5) is 28.4 Å². The van der Waals surface area contributed by atoms with Gasteiger partial charge in [-0.15, -0.1) is 0 Å². The lowest BCUT2D eigenvalue weighted by Crippen LogP contribution is -2.63. The zero-order valence-corrected chi connectivity index (χ0v) is 41.8. The van der Waals surface area contributed by atoms with Crippen molar-refractivity contribution in [2.75, 3.05) is 67.7 Å². The summed E-state index contributed by atoms with van der Waals surface area (Å²) < 4.78 is 49.3. The molecule has 4 atom stereocenters. The van der Waals surface area contributed by atoms with Gasteiger partial charge in [0.1, 0.15) is 23.1 Å². The van der Waals surface area contributed by atoms with Gasteiger partial charge in [0, 0.05) is 62.2 Å². The molecule has 5 aromatic rings. The van der Waals surface area contributed by atoms with Crippen LogP contribution in [0.1, 0.15) is 105 Å². The number of pyridine rings is 1. The van der Waals surface area contributed by atoms with Crippen LogP contribution in [0.5, 0.6) is 5.88 Å². The van der Waals surface area contributed by atoms with Gasteiger partial charge in [0.05, 0.1) is 58.1 Å².